The van der Waals surface area contributed by atoms with E-state index in [2.05, 4.69) is 0 Å². The number of aliphatic hydroxyl groups excluding tert-OH is 1. The molecule has 0 spiro atoms. The fraction of sp³-hybridized carbons (Fsp3) is 0.636. The van der Waals surface area contributed by atoms with Crippen molar-refractivity contribution < 1.29 is 14.7 Å². The van der Waals surface area contributed by atoms with E-state index in [1.54, 1.807) is 6.92 Å². The average Bonchev–Trinajstić information content (AvgIpc) is 2.47. The van der Waals surface area contributed by atoms with Gasteiger partial charge in [-0.25, -0.2) is 0 Å². The van der Waals surface area contributed by atoms with Gasteiger partial charge in [-0.05, 0) is 19.8 Å². The van der Waals surface area contributed by atoms with Crippen LogP contribution in [-0.2, 0) is 9.59 Å². The van der Waals surface area contributed by atoms with Gasteiger partial charge in [0.05, 0.1) is 6.10 Å². The zero-order chi connectivity index (χ0) is 11.3. The Morgan fingerprint density at radius 1 is 1.20 bits per heavy atom. The van der Waals surface area contributed by atoms with Crippen LogP contribution in [0.15, 0.2) is 12.2 Å². The SMILES string of the molecule is CC(O)CCCCCN1C(=O)C=CC1=O. The van der Waals surface area contributed by atoms with Crippen LogP contribution in [0.4, 0.5) is 0 Å². The van der Waals surface area contributed by atoms with E-state index in [4.69, 9.17) is 5.11 Å². The lowest BCUT2D eigenvalue weighted by molar-refractivity contribution is -0.136. The van der Waals surface area contributed by atoms with Gasteiger partial charge in [0.15, 0.2) is 0 Å². The second kappa shape index (κ2) is 5.66. The maximum Gasteiger partial charge on any atom is 0.253 e. The molecule has 1 unspecified atom stereocenters. The molecule has 2 amide bonds. The van der Waals surface area contributed by atoms with E-state index in [0.717, 1.165) is 25.7 Å². The van der Waals surface area contributed by atoms with Crippen LogP contribution in [0.25, 0.3) is 0 Å². The van der Waals surface area contributed by atoms with Crippen molar-refractivity contribution in [2.24, 2.45) is 0 Å². The zero-order valence-corrected chi connectivity index (χ0v) is 8.98. The van der Waals surface area contributed by atoms with E-state index in [9.17, 15) is 9.59 Å². The van der Waals surface area contributed by atoms with E-state index in [1.807, 2.05) is 0 Å². The van der Waals surface area contributed by atoms with E-state index in [1.165, 1.54) is 17.1 Å². The predicted octanol–water partition coefficient (Wildman–Crippen LogP) is 0.853. The van der Waals surface area contributed by atoms with Gasteiger partial charge in [-0.2, -0.15) is 0 Å². The number of hydrogen-bond donors (Lipinski definition) is 1. The Balaban J connectivity index is 2.10. The normalized spacial score (nSPS) is 17.6. The number of carbonyl (C=O) groups excluding carboxylic acids is 2. The van der Waals surface area contributed by atoms with Gasteiger partial charge >= 0.3 is 0 Å². The fourth-order valence-corrected chi connectivity index (χ4v) is 1.54. The highest BCUT2D eigenvalue weighted by Crippen LogP contribution is 2.08. The van der Waals surface area contributed by atoms with Crippen molar-refractivity contribution in [2.75, 3.05) is 6.54 Å². The first-order valence-electron chi connectivity index (χ1n) is 5.33. The van der Waals surface area contributed by atoms with Crippen LogP contribution in [0.1, 0.15) is 32.6 Å². The summed E-state index contributed by atoms with van der Waals surface area (Å²) in [4.78, 5) is 23.5. The van der Waals surface area contributed by atoms with Crippen LogP contribution in [0, 0.1) is 0 Å². The Labute approximate surface area is 89.6 Å². The Morgan fingerprint density at radius 2 is 1.80 bits per heavy atom. The summed E-state index contributed by atoms with van der Waals surface area (Å²) in [6.45, 7) is 2.25. The fourth-order valence-electron chi connectivity index (χ4n) is 1.54. The van der Waals surface area contributed by atoms with Gasteiger partial charge in [0.25, 0.3) is 11.8 Å². The molecule has 1 N–H and O–H groups in total. The molecule has 15 heavy (non-hydrogen) atoms. The first-order valence-corrected chi connectivity index (χ1v) is 5.33. The molecule has 0 saturated carbocycles. The zero-order valence-electron chi connectivity index (χ0n) is 8.98. The van der Waals surface area contributed by atoms with Crippen molar-refractivity contribution in [2.45, 2.75) is 38.7 Å². The molecule has 0 saturated heterocycles. The highest BCUT2D eigenvalue weighted by atomic mass is 16.3. The number of carbonyl (C=O) groups is 2. The Hall–Kier alpha value is -1.16. The molecular weight excluding hydrogens is 194 g/mol. The largest absolute Gasteiger partial charge is 0.393 e. The molecular formula is C11H17NO3. The molecule has 0 aliphatic carbocycles. The quantitative estimate of drug-likeness (QED) is 0.523. The van der Waals surface area contributed by atoms with Gasteiger partial charge in [0.2, 0.25) is 0 Å². The van der Waals surface area contributed by atoms with Crippen molar-refractivity contribution >= 4 is 11.8 Å². The smallest absolute Gasteiger partial charge is 0.253 e. The maximum absolute atomic E-state index is 11.1. The monoisotopic (exact) mass is 211 g/mol. The van der Waals surface area contributed by atoms with Gasteiger partial charge < -0.3 is 5.11 Å². The third-order valence-corrected chi connectivity index (χ3v) is 2.40. The van der Waals surface area contributed by atoms with Crippen LogP contribution in [-0.4, -0.2) is 34.5 Å². The minimum Gasteiger partial charge on any atom is -0.393 e. The summed E-state index contributed by atoms with van der Waals surface area (Å²) in [5, 5.41) is 9.02. The topological polar surface area (TPSA) is 57.6 Å². The van der Waals surface area contributed by atoms with Crippen molar-refractivity contribution in [1.29, 1.82) is 0 Å². The minimum absolute atomic E-state index is 0.212. The number of unbranched alkanes of at least 4 members (excludes halogenated alkanes) is 2. The van der Waals surface area contributed by atoms with Gasteiger partial charge in [0, 0.05) is 18.7 Å². The van der Waals surface area contributed by atoms with Crippen LogP contribution in [0.5, 0.6) is 0 Å². The lowest BCUT2D eigenvalue weighted by Gasteiger charge is -2.13. The summed E-state index contributed by atoms with van der Waals surface area (Å²) in [5.74, 6) is -0.425. The number of hydrogen-bond acceptors (Lipinski definition) is 3. The number of imide groups is 1. The first-order chi connectivity index (χ1) is 7.11. The molecule has 0 bridgehead atoms. The highest BCUT2D eigenvalue weighted by molar-refractivity contribution is 6.12. The molecule has 84 valence electrons. The maximum atomic E-state index is 11.1. The summed E-state index contributed by atoms with van der Waals surface area (Å²) in [5.41, 5.74) is 0. The van der Waals surface area contributed by atoms with Crippen molar-refractivity contribution in [3.05, 3.63) is 12.2 Å². The minimum atomic E-state index is -0.262. The molecule has 0 aromatic carbocycles. The standard InChI is InChI=1S/C11H17NO3/c1-9(13)5-3-2-4-8-12-10(14)6-7-11(12)15/h6-7,9,13H,2-5,8H2,1H3. The van der Waals surface area contributed by atoms with Crippen molar-refractivity contribution in [3.8, 4) is 0 Å². The summed E-state index contributed by atoms with van der Waals surface area (Å²) < 4.78 is 0. The van der Waals surface area contributed by atoms with E-state index in [-0.39, 0.29) is 17.9 Å². The Bertz CT molecular complexity index is 253. The molecule has 0 aromatic heterocycles. The first kappa shape index (κ1) is 11.9. The second-order valence-electron chi connectivity index (χ2n) is 3.86. The van der Waals surface area contributed by atoms with Gasteiger partial charge in [-0.15, -0.1) is 0 Å². The van der Waals surface area contributed by atoms with E-state index >= 15 is 0 Å². The van der Waals surface area contributed by atoms with Crippen LogP contribution < -0.4 is 0 Å². The third kappa shape index (κ3) is 3.83. The number of rotatable bonds is 6. The lowest BCUT2D eigenvalue weighted by atomic mass is 10.1. The molecule has 1 atom stereocenters. The number of amides is 2. The molecule has 1 rings (SSSR count). The number of nitrogens with zero attached hydrogens (tertiary/aromatic N) is 1. The lowest BCUT2D eigenvalue weighted by Crippen LogP contribution is -2.30. The molecule has 0 fully saturated rings. The van der Waals surface area contributed by atoms with Crippen LogP contribution >= 0.6 is 0 Å². The summed E-state index contributed by atoms with van der Waals surface area (Å²) in [6, 6.07) is 0. The Kier molecular flexibility index (Phi) is 4.49. The number of aliphatic hydroxyl groups is 1. The highest BCUT2D eigenvalue weighted by Gasteiger charge is 2.21. The van der Waals surface area contributed by atoms with Crippen LogP contribution in [0.2, 0.25) is 0 Å². The summed E-state index contributed by atoms with van der Waals surface area (Å²) >= 11 is 0. The average molecular weight is 211 g/mol. The van der Waals surface area contributed by atoms with E-state index < -0.39 is 0 Å². The molecule has 1 heterocycles. The molecule has 4 nitrogen and oxygen atoms in total. The summed E-state index contributed by atoms with van der Waals surface area (Å²) in [6.07, 6.45) is 5.80. The van der Waals surface area contributed by atoms with Gasteiger partial charge in [-0.3, -0.25) is 14.5 Å². The Morgan fingerprint density at radius 3 is 2.33 bits per heavy atom. The van der Waals surface area contributed by atoms with Crippen molar-refractivity contribution in [3.63, 3.8) is 0 Å². The molecule has 0 aromatic rings. The summed E-state index contributed by atoms with van der Waals surface area (Å²) in [7, 11) is 0. The third-order valence-electron chi connectivity index (χ3n) is 2.40. The predicted molar refractivity (Wildman–Crippen MR) is 56.0 cm³/mol. The molecule has 1 aliphatic rings. The molecule has 0 radical (unpaired) electrons. The van der Waals surface area contributed by atoms with Crippen LogP contribution in [0.3, 0.4) is 0 Å². The van der Waals surface area contributed by atoms with Gasteiger partial charge in [-0.1, -0.05) is 12.8 Å². The van der Waals surface area contributed by atoms with E-state index in [0.29, 0.717) is 6.54 Å². The molecule has 1 aliphatic heterocycles. The van der Waals surface area contributed by atoms with Gasteiger partial charge in [0.1, 0.15) is 0 Å². The second-order valence-corrected chi connectivity index (χ2v) is 3.86. The van der Waals surface area contributed by atoms with Crippen molar-refractivity contribution in [1.82, 2.24) is 4.90 Å². The molecule has 4 heteroatoms.